The summed E-state index contributed by atoms with van der Waals surface area (Å²) in [5.74, 6) is -0.0151. The van der Waals surface area contributed by atoms with Crippen LogP contribution in [0.3, 0.4) is 0 Å². The number of nitrogen functional groups attached to an aromatic ring is 1. The molecule has 35 heavy (non-hydrogen) atoms. The fourth-order valence-electron chi connectivity index (χ4n) is 5.17. The van der Waals surface area contributed by atoms with Gasteiger partial charge in [0.05, 0.1) is 36.1 Å². The summed E-state index contributed by atoms with van der Waals surface area (Å²) in [5.41, 5.74) is 6.48. The first-order chi connectivity index (χ1) is 16.9. The number of nitrogens with one attached hydrogen (secondary N) is 1. The Morgan fingerprint density at radius 2 is 2.09 bits per heavy atom. The number of ether oxygens (including phenoxy) is 3. The molecule has 4 rings (SSSR count). The summed E-state index contributed by atoms with van der Waals surface area (Å²) in [6.07, 6.45) is 6.03. The highest BCUT2D eigenvalue weighted by molar-refractivity contribution is 6.33. The maximum Gasteiger partial charge on any atom is 0.306 e. The Morgan fingerprint density at radius 3 is 2.91 bits per heavy atom. The number of amides is 1. The molecule has 3 aliphatic rings. The molecule has 0 spiro atoms. The molecular formula is C25H37ClN4O5. The Kier molecular flexibility index (Phi) is 9.10. The third kappa shape index (κ3) is 6.78. The van der Waals surface area contributed by atoms with Gasteiger partial charge in [-0.3, -0.25) is 19.4 Å². The molecule has 0 saturated carbocycles. The van der Waals surface area contributed by atoms with Crippen LogP contribution in [0.5, 0.6) is 5.75 Å². The number of anilines is 1. The number of esters is 1. The summed E-state index contributed by atoms with van der Waals surface area (Å²) >= 11 is 6.07. The molecule has 1 aromatic carbocycles. The Morgan fingerprint density at radius 1 is 1.23 bits per heavy atom. The molecule has 0 bridgehead atoms. The summed E-state index contributed by atoms with van der Waals surface area (Å²) in [4.78, 5) is 29.8. The average Bonchev–Trinajstić information content (AvgIpc) is 3.03. The molecule has 0 aliphatic carbocycles. The molecule has 2 unspecified atom stereocenters. The van der Waals surface area contributed by atoms with Crippen LogP contribution in [0.25, 0.3) is 0 Å². The zero-order chi connectivity index (χ0) is 24.8. The van der Waals surface area contributed by atoms with E-state index >= 15 is 0 Å². The number of morpholine rings is 1. The van der Waals surface area contributed by atoms with Crippen molar-refractivity contribution in [2.24, 2.45) is 0 Å². The second kappa shape index (κ2) is 12.3. The van der Waals surface area contributed by atoms with Crippen molar-refractivity contribution in [1.29, 1.82) is 0 Å². The number of nitrogens with zero attached hydrogens (tertiary/aromatic N) is 2. The minimum Gasteiger partial charge on any atom is -0.496 e. The molecule has 3 aliphatic heterocycles. The van der Waals surface area contributed by atoms with Crippen LogP contribution < -0.4 is 15.8 Å². The summed E-state index contributed by atoms with van der Waals surface area (Å²) in [6.45, 7) is 5.27. The number of hydrogen-bond donors (Lipinski definition) is 2. The van der Waals surface area contributed by atoms with Gasteiger partial charge in [-0.2, -0.15) is 0 Å². The molecule has 10 heteroatoms. The van der Waals surface area contributed by atoms with Gasteiger partial charge in [0.2, 0.25) is 0 Å². The van der Waals surface area contributed by atoms with Crippen LogP contribution in [0.4, 0.5) is 5.69 Å². The second-order valence-electron chi connectivity index (χ2n) is 9.62. The van der Waals surface area contributed by atoms with E-state index < -0.39 is 0 Å². The quantitative estimate of drug-likeness (QED) is 0.386. The maximum atomic E-state index is 12.7. The highest BCUT2D eigenvalue weighted by atomic mass is 35.5. The molecule has 9 nitrogen and oxygen atoms in total. The van der Waals surface area contributed by atoms with Crippen LogP contribution in [0.2, 0.25) is 5.02 Å². The number of carbonyl (C=O) groups is 2. The van der Waals surface area contributed by atoms with Crippen LogP contribution in [0.15, 0.2) is 12.1 Å². The van der Waals surface area contributed by atoms with Gasteiger partial charge in [0.1, 0.15) is 11.9 Å². The van der Waals surface area contributed by atoms with E-state index in [0.29, 0.717) is 54.2 Å². The Labute approximate surface area is 212 Å². The predicted molar refractivity (Wildman–Crippen MR) is 134 cm³/mol. The minimum absolute atomic E-state index is 0.0755. The summed E-state index contributed by atoms with van der Waals surface area (Å²) < 4.78 is 16.9. The van der Waals surface area contributed by atoms with Crippen molar-refractivity contribution in [2.75, 3.05) is 58.7 Å². The average molecular weight is 509 g/mol. The molecule has 3 N–H and O–H groups in total. The van der Waals surface area contributed by atoms with E-state index in [4.69, 9.17) is 31.5 Å². The van der Waals surface area contributed by atoms with Crippen LogP contribution in [-0.2, 0) is 14.3 Å². The first-order valence-corrected chi connectivity index (χ1v) is 13.0. The van der Waals surface area contributed by atoms with E-state index in [1.54, 1.807) is 6.07 Å². The van der Waals surface area contributed by atoms with Crippen molar-refractivity contribution < 1.29 is 23.8 Å². The molecule has 0 radical (unpaired) electrons. The molecule has 194 valence electrons. The van der Waals surface area contributed by atoms with E-state index in [9.17, 15) is 9.59 Å². The highest BCUT2D eigenvalue weighted by Crippen LogP contribution is 2.30. The fourth-order valence-corrected chi connectivity index (χ4v) is 5.33. The van der Waals surface area contributed by atoms with Gasteiger partial charge in [0.15, 0.2) is 0 Å². The van der Waals surface area contributed by atoms with E-state index in [1.165, 1.54) is 32.4 Å². The molecule has 3 fully saturated rings. The number of benzene rings is 1. The minimum atomic E-state index is -0.296. The third-order valence-electron chi connectivity index (χ3n) is 7.17. The lowest BCUT2D eigenvalue weighted by Gasteiger charge is -2.46. The lowest BCUT2D eigenvalue weighted by molar-refractivity contribution is -0.165. The van der Waals surface area contributed by atoms with E-state index in [2.05, 4.69) is 15.1 Å². The summed E-state index contributed by atoms with van der Waals surface area (Å²) in [6, 6.07) is 3.48. The topological polar surface area (TPSA) is 106 Å². The highest BCUT2D eigenvalue weighted by Gasteiger charge is 2.41. The largest absolute Gasteiger partial charge is 0.496 e. The van der Waals surface area contributed by atoms with E-state index in [0.717, 1.165) is 39.0 Å². The number of rotatable bonds is 9. The molecule has 3 atom stereocenters. The van der Waals surface area contributed by atoms with Crippen molar-refractivity contribution in [2.45, 2.75) is 56.8 Å². The van der Waals surface area contributed by atoms with Crippen LogP contribution in [0, 0.1) is 0 Å². The number of nitrogens with two attached hydrogens (primary N) is 1. The van der Waals surface area contributed by atoms with E-state index in [-0.39, 0.29) is 24.1 Å². The third-order valence-corrected chi connectivity index (χ3v) is 7.50. The molecule has 1 aromatic rings. The van der Waals surface area contributed by atoms with Crippen molar-refractivity contribution in [1.82, 2.24) is 15.1 Å². The van der Waals surface area contributed by atoms with Crippen LogP contribution in [0.1, 0.15) is 48.9 Å². The Balaban J connectivity index is 1.15. The Bertz CT molecular complexity index is 901. The molecule has 0 aromatic heterocycles. The zero-order valence-electron chi connectivity index (χ0n) is 20.5. The van der Waals surface area contributed by atoms with Gasteiger partial charge in [-0.25, -0.2) is 0 Å². The first-order valence-electron chi connectivity index (χ1n) is 12.6. The van der Waals surface area contributed by atoms with Gasteiger partial charge in [0.25, 0.3) is 5.91 Å². The van der Waals surface area contributed by atoms with E-state index in [1.807, 2.05) is 0 Å². The normalized spacial score (nSPS) is 25.1. The molecule has 3 heterocycles. The van der Waals surface area contributed by atoms with Crippen molar-refractivity contribution in [3.63, 3.8) is 0 Å². The van der Waals surface area contributed by atoms with Crippen LogP contribution >= 0.6 is 11.6 Å². The number of carbonyl (C=O) groups excluding carboxylic acids is 2. The maximum absolute atomic E-state index is 12.7. The fraction of sp³-hybridized carbons (Fsp3) is 0.680. The van der Waals surface area contributed by atoms with Gasteiger partial charge in [-0.15, -0.1) is 0 Å². The van der Waals surface area contributed by atoms with Gasteiger partial charge >= 0.3 is 5.97 Å². The van der Waals surface area contributed by atoms with Gasteiger partial charge < -0.3 is 25.3 Å². The Hall–Kier alpha value is -2.07. The SMILES string of the molecule is COc1cc(N)c(Cl)cc1C(=O)NC[C@@H]1CN(CCCC(=O)OC2CN3CCCCCC23)CCO1. The van der Waals surface area contributed by atoms with Crippen molar-refractivity contribution in [3.05, 3.63) is 22.7 Å². The second-order valence-corrected chi connectivity index (χ2v) is 10.0. The van der Waals surface area contributed by atoms with Gasteiger partial charge in [-0.05, 0) is 38.4 Å². The zero-order valence-corrected chi connectivity index (χ0v) is 21.2. The number of halogens is 1. The number of fused-ring (bicyclic) bond motifs is 1. The van der Waals surface area contributed by atoms with Gasteiger partial charge in [0, 0.05) is 44.7 Å². The lowest BCUT2D eigenvalue weighted by atomic mass is 9.96. The monoisotopic (exact) mass is 508 g/mol. The van der Waals surface area contributed by atoms with Crippen molar-refractivity contribution in [3.8, 4) is 5.75 Å². The van der Waals surface area contributed by atoms with Crippen molar-refractivity contribution >= 4 is 29.2 Å². The predicted octanol–water partition coefficient (Wildman–Crippen LogP) is 2.31. The summed E-state index contributed by atoms with van der Waals surface area (Å²) in [5, 5.41) is 3.20. The van der Waals surface area contributed by atoms with Gasteiger partial charge in [-0.1, -0.05) is 24.4 Å². The number of hydrogen-bond acceptors (Lipinski definition) is 8. The summed E-state index contributed by atoms with van der Waals surface area (Å²) in [7, 11) is 1.48. The molecule has 3 saturated heterocycles. The first kappa shape index (κ1) is 26.0. The smallest absolute Gasteiger partial charge is 0.306 e. The lowest BCUT2D eigenvalue weighted by Crippen LogP contribution is -2.61. The standard InChI is InChI=1S/C25H37ClN4O5/c1-33-22-13-20(27)19(26)12-18(22)25(32)28-14-17-15-29(10-11-34-17)8-5-7-24(31)35-23-16-30-9-4-2-3-6-21(23)30/h12-13,17,21,23H,2-11,14-16,27H2,1H3,(H,28,32)/t17-,21?,23?/m1/s1. The molecular weight excluding hydrogens is 472 g/mol. The molecule has 1 amide bonds. The number of methoxy groups -OCH3 is 1. The van der Waals surface area contributed by atoms with Crippen LogP contribution in [-0.4, -0.2) is 92.9 Å².